The van der Waals surface area contributed by atoms with Crippen molar-refractivity contribution >= 4 is 21.4 Å². The maximum atomic E-state index is 2.33. The maximum Gasteiger partial charge on any atom is 0.0342 e. The lowest BCUT2D eigenvalue weighted by Gasteiger charge is -2.04. The van der Waals surface area contributed by atoms with Gasteiger partial charge in [0.05, 0.1) is 0 Å². The summed E-state index contributed by atoms with van der Waals surface area (Å²) < 4.78 is 1.40. The second-order valence-corrected chi connectivity index (χ2v) is 5.17. The van der Waals surface area contributed by atoms with Crippen LogP contribution in [0, 0.1) is 5.92 Å². The molecule has 0 spiro atoms. The van der Waals surface area contributed by atoms with Crippen LogP contribution in [0.1, 0.15) is 39.7 Å². The van der Waals surface area contributed by atoms with Crippen molar-refractivity contribution in [2.45, 2.75) is 40.5 Å². The van der Waals surface area contributed by atoms with Crippen molar-refractivity contribution in [1.29, 1.82) is 0 Å². The van der Waals surface area contributed by atoms with Gasteiger partial charge in [-0.1, -0.05) is 39.8 Å². The molecule has 0 aliphatic rings. The van der Waals surface area contributed by atoms with E-state index in [1.165, 1.54) is 28.5 Å². The van der Waals surface area contributed by atoms with Crippen LogP contribution >= 0.6 is 11.3 Å². The Balaban J connectivity index is 0.000000606. The van der Waals surface area contributed by atoms with Crippen LogP contribution in [0.2, 0.25) is 0 Å². The number of benzene rings is 1. The highest BCUT2D eigenvalue weighted by atomic mass is 32.1. The van der Waals surface area contributed by atoms with E-state index >= 15 is 0 Å². The van der Waals surface area contributed by atoms with Gasteiger partial charge in [-0.05, 0) is 47.2 Å². The van der Waals surface area contributed by atoms with E-state index in [0.717, 1.165) is 5.92 Å². The minimum absolute atomic E-state index is 0.799. The van der Waals surface area contributed by atoms with Crippen molar-refractivity contribution in [3.8, 4) is 0 Å². The van der Waals surface area contributed by atoms with Crippen molar-refractivity contribution in [2.75, 3.05) is 0 Å². The highest BCUT2D eigenvalue weighted by Crippen LogP contribution is 2.22. The van der Waals surface area contributed by atoms with Crippen LogP contribution in [0.4, 0.5) is 0 Å². The molecule has 0 saturated carbocycles. The van der Waals surface area contributed by atoms with Gasteiger partial charge in [-0.25, -0.2) is 0 Å². The standard InChI is InChI=1S/C13H16S.C2H6/c1-10(2)3-4-11-5-6-13-12(9-11)7-8-14-13;1-2/h5-10H,3-4H2,1-2H3;1-2H3. The number of rotatable bonds is 3. The van der Waals surface area contributed by atoms with Crippen molar-refractivity contribution in [1.82, 2.24) is 0 Å². The summed E-state index contributed by atoms with van der Waals surface area (Å²) in [4.78, 5) is 0. The van der Waals surface area contributed by atoms with Crippen LogP contribution in [-0.2, 0) is 6.42 Å². The molecule has 1 heterocycles. The molecule has 2 aromatic rings. The third kappa shape index (κ3) is 3.64. The molecule has 0 amide bonds. The predicted molar refractivity (Wildman–Crippen MR) is 76.3 cm³/mol. The van der Waals surface area contributed by atoms with Crippen molar-refractivity contribution in [3.63, 3.8) is 0 Å². The van der Waals surface area contributed by atoms with Gasteiger partial charge in [0.2, 0.25) is 0 Å². The van der Waals surface area contributed by atoms with E-state index in [1.807, 2.05) is 25.2 Å². The average Bonchev–Trinajstić information content (AvgIpc) is 2.76. The molecule has 88 valence electrons. The third-order valence-corrected chi connectivity index (χ3v) is 3.43. The topological polar surface area (TPSA) is 0 Å². The minimum atomic E-state index is 0.799. The maximum absolute atomic E-state index is 2.33. The molecule has 0 aliphatic carbocycles. The third-order valence-electron chi connectivity index (χ3n) is 2.53. The van der Waals surface area contributed by atoms with Gasteiger partial charge in [-0.15, -0.1) is 11.3 Å². The summed E-state index contributed by atoms with van der Waals surface area (Å²) in [5, 5.41) is 3.56. The van der Waals surface area contributed by atoms with E-state index in [0.29, 0.717) is 0 Å². The molecular formula is C15H22S. The number of hydrogen-bond donors (Lipinski definition) is 0. The largest absolute Gasteiger partial charge is 0.144 e. The van der Waals surface area contributed by atoms with Crippen LogP contribution in [0.3, 0.4) is 0 Å². The van der Waals surface area contributed by atoms with Gasteiger partial charge in [0, 0.05) is 4.70 Å². The lowest BCUT2D eigenvalue weighted by molar-refractivity contribution is 0.587. The highest BCUT2D eigenvalue weighted by molar-refractivity contribution is 7.17. The Morgan fingerprint density at radius 3 is 2.56 bits per heavy atom. The van der Waals surface area contributed by atoms with E-state index < -0.39 is 0 Å². The normalized spacial score (nSPS) is 10.3. The first-order valence-electron chi connectivity index (χ1n) is 6.22. The monoisotopic (exact) mass is 234 g/mol. The Morgan fingerprint density at radius 1 is 1.12 bits per heavy atom. The Hall–Kier alpha value is -0.820. The minimum Gasteiger partial charge on any atom is -0.144 e. The van der Waals surface area contributed by atoms with E-state index in [1.54, 1.807) is 0 Å². The summed E-state index contributed by atoms with van der Waals surface area (Å²) in [5.74, 6) is 0.799. The van der Waals surface area contributed by atoms with E-state index in [9.17, 15) is 0 Å². The van der Waals surface area contributed by atoms with Crippen LogP contribution in [0.15, 0.2) is 29.6 Å². The molecule has 1 aromatic carbocycles. The SMILES string of the molecule is CC.CC(C)CCc1ccc2sccc2c1. The molecule has 0 atom stereocenters. The Kier molecular flexibility index (Phi) is 5.54. The average molecular weight is 234 g/mol. The number of fused-ring (bicyclic) bond motifs is 1. The highest BCUT2D eigenvalue weighted by Gasteiger charge is 1.99. The van der Waals surface area contributed by atoms with Gasteiger partial charge in [-0.3, -0.25) is 0 Å². The van der Waals surface area contributed by atoms with Crippen molar-refractivity contribution < 1.29 is 0 Å². The van der Waals surface area contributed by atoms with Gasteiger partial charge in [-0.2, -0.15) is 0 Å². The van der Waals surface area contributed by atoms with E-state index in [-0.39, 0.29) is 0 Å². The summed E-state index contributed by atoms with van der Waals surface area (Å²) in [6.07, 6.45) is 2.50. The van der Waals surface area contributed by atoms with E-state index in [2.05, 4.69) is 43.5 Å². The number of aryl methyl sites for hydroxylation is 1. The first-order chi connectivity index (χ1) is 7.75. The smallest absolute Gasteiger partial charge is 0.0342 e. The molecule has 0 saturated heterocycles. The molecule has 0 nitrogen and oxygen atoms in total. The van der Waals surface area contributed by atoms with Crippen LogP contribution in [-0.4, -0.2) is 0 Å². The summed E-state index contributed by atoms with van der Waals surface area (Å²) in [5.41, 5.74) is 1.48. The first-order valence-corrected chi connectivity index (χ1v) is 7.10. The fraction of sp³-hybridized carbons (Fsp3) is 0.467. The van der Waals surface area contributed by atoms with Crippen LogP contribution in [0.25, 0.3) is 10.1 Å². The van der Waals surface area contributed by atoms with Gasteiger partial charge < -0.3 is 0 Å². The summed E-state index contributed by atoms with van der Waals surface area (Å²) >= 11 is 1.82. The van der Waals surface area contributed by atoms with Crippen LogP contribution in [0.5, 0.6) is 0 Å². The molecule has 16 heavy (non-hydrogen) atoms. The Bertz CT molecular complexity index is 412. The molecule has 0 radical (unpaired) electrons. The molecular weight excluding hydrogens is 212 g/mol. The summed E-state index contributed by atoms with van der Waals surface area (Å²) in [6.45, 7) is 8.56. The molecule has 1 aromatic heterocycles. The number of hydrogen-bond acceptors (Lipinski definition) is 1. The molecule has 2 rings (SSSR count). The fourth-order valence-corrected chi connectivity index (χ4v) is 2.40. The van der Waals surface area contributed by atoms with Crippen molar-refractivity contribution in [3.05, 3.63) is 35.2 Å². The summed E-state index contributed by atoms with van der Waals surface area (Å²) in [6, 6.07) is 9.05. The zero-order chi connectivity index (χ0) is 12.0. The van der Waals surface area contributed by atoms with Gasteiger partial charge in [0.1, 0.15) is 0 Å². The molecule has 0 aliphatic heterocycles. The van der Waals surface area contributed by atoms with Gasteiger partial charge >= 0.3 is 0 Å². The molecule has 0 unspecified atom stereocenters. The van der Waals surface area contributed by atoms with Gasteiger partial charge in [0.15, 0.2) is 0 Å². The van der Waals surface area contributed by atoms with Crippen molar-refractivity contribution in [2.24, 2.45) is 5.92 Å². The lowest BCUT2D eigenvalue weighted by atomic mass is 10.0. The van der Waals surface area contributed by atoms with Crippen LogP contribution < -0.4 is 0 Å². The fourth-order valence-electron chi connectivity index (χ4n) is 1.63. The Labute approximate surface area is 103 Å². The molecule has 1 heteroatoms. The molecule has 0 N–H and O–H groups in total. The predicted octanol–water partition coefficient (Wildman–Crippen LogP) is 5.52. The summed E-state index contributed by atoms with van der Waals surface area (Å²) in [7, 11) is 0. The zero-order valence-electron chi connectivity index (χ0n) is 10.8. The first kappa shape index (κ1) is 13.2. The second kappa shape index (κ2) is 6.70. The van der Waals surface area contributed by atoms with E-state index in [4.69, 9.17) is 0 Å². The molecule has 0 bridgehead atoms. The number of thiophene rings is 1. The zero-order valence-corrected chi connectivity index (χ0v) is 11.6. The Morgan fingerprint density at radius 2 is 1.88 bits per heavy atom. The quantitative estimate of drug-likeness (QED) is 0.656. The second-order valence-electron chi connectivity index (χ2n) is 4.23. The van der Waals surface area contributed by atoms with Gasteiger partial charge in [0.25, 0.3) is 0 Å². The molecule has 0 fully saturated rings. The lowest BCUT2D eigenvalue weighted by Crippen LogP contribution is -1.91.